The minimum atomic E-state index is -1.35. The summed E-state index contributed by atoms with van der Waals surface area (Å²) in [6, 6.07) is 15.3. The van der Waals surface area contributed by atoms with E-state index in [9.17, 15) is 20.4 Å². The summed E-state index contributed by atoms with van der Waals surface area (Å²) in [4.78, 5) is 0. The Morgan fingerprint density at radius 3 is 2.30 bits per heavy atom. The molecule has 0 saturated heterocycles. The summed E-state index contributed by atoms with van der Waals surface area (Å²) in [5, 5.41) is 39.7. The molecule has 6 heteroatoms. The largest absolute Gasteiger partial charge is 0.497 e. The second-order valence-electron chi connectivity index (χ2n) is 6.94. The zero-order valence-corrected chi connectivity index (χ0v) is 15.2. The number of ether oxygens (including phenoxy) is 2. The molecule has 6 nitrogen and oxygen atoms in total. The number of methoxy groups -OCH3 is 1. The van der Waals surface area contributed by atoms with E-state index in [2.05, 4.69) is 0 Å². The van der Waals surface area contributed by atoms with Crippen molar-refractivity contribution in [3.8, 4) is 11.5 Å². The van der Waals surface area contributed by atoms with Crippen LogP contribution in [0.1, 0.15) is 17.5 Å². The summed E-state index contributed by atoms with van der Waals surface area (Å²) in [5.41, 5.74) is 2.02. The average Bonchev–Trinajstić information content (AvgIpc) is 2.70. The van der Waals surface area contributed by atoms with Gasteiger partial charge in [0.25, 0.3) is 0 Å². The number of hydrogen-bond acceptors (Lipinski definition) is 6. The molecular weight excluding hydrogens is 348 g/mol. The Labute approximate surface area is 158 Å². The standard InChI is InChI=1S/C21H26O6/c1-26-16-8-6-13(7-9-16)10-14-4-2-3-5-17(14)27-18-11-15(12-22)19(23)21(25)20(18)24/h2-9,15,18-25H,10-12H2,1H3/t15-,18+,19+,20-,21-/m0/s1. The van der Waals surface area contributed by atoms with Gasteiger partial charge in [0.1, 0.15) is 29.8 Å². The van der Waals surface area contributed by atoms with Crippen LogP contribution in [0.3, 0.4) is 0 Å². The van der Waals surface area contributed by atoms with Crippen molar-refractivity contribution in [3.63, 3.8) is 0 Å². The van der Waals surface area contributed by atoms with Gasteiger partial charge in [-0.1, -0.05) is 30.3 Å². The lowest BCUT2D eigenvalue weighted by Crippen LogP contribution is -2.56. The van der Waals surface area contributed by atoms with Gasteiger partial charge in [-0.05, 0) is 35.7 Å². The van der Waals surface area contributed by atoms with Crippen molar-refractivity contribution in [1.82, 2.24) is 0 Å². The molecule has 0 aromatic heterocycles. The molecule has 0 spiro atoms. The lowest BCUT2D eigenvalue weighted by atomic mass is 9.81. The Hall–Kier alpha value is -2.12. The first-order valence-corrected chi connectivity index (χ1v) is 9.06. The minimum Gasteiger partial charge on any atom is -0.497 e. The molecule has 4 N–H and O–H groups in total. The van der Waals surface area contributed by atoms with Crippen molar-refractivity contribution < 1.29 is 29.9 Å². The van der Waals surface area contributed by atoms with Crippen molar-refractivity contribution in [1.29, 1.82) is 0 Å². The molecule has 0 unspecified atom stereocenters. The molecule has 0 radical (unpaired) electrons. The molecule has 0 heterocycles. The van der Waals surface area contributed by atoms with Gasteiger partial charge in [-0.3, -0.25) is 0 Å². The van der Waals surface area contributed by atoms with Crippen LogP contribution in [-0.2, 0) is 6.42 Å². The molecule has 146 valence electrons. The second-order valence-corrected chi connectivity index (χ2v) is 6.94. The van der Waals surface area contributed by atoms with Crippen LogP contribution in [-0.4, -0.2) is 58.6 Å². The first-order chi connectivity index (χ1) is 13.0. The van der Waals surface area contributed by atoms with Crippen LogP contribution in [0.15, 0.2) is 48.5 Å². The molecular formula is C21H26O6. The van der Waals surface area contributed by atoms with Gasteiger partial charge in [0.05, 0.1) is 13.2 Å². The van der Waals surface area contributed by atoms with Gasteiger partial charge < -0.3 is 29.9 Å². The van der Waals surface area contributed by atoms with Gasteiger partial charge in [-0.2, -0.15) is 0 Å². The third-order valence-electron chi connectivity index (χ3n) is 5.14. The molecule has 0 aliphatic heterocycles. The topological polar surface area (TPSA) is 99.4 Å². The maximum atomic E-state index is 10.3. The molecule has 27 heavy (non-hydrogen) atoms. The third kappa shape index (κ3) is 4.42. The minimum absolute atomic E-state index is 0.257. The van der Waals surface area contributed by atoms with E-state index in [1.165, 1.54) is 0 Å². The fourth-order valence-electron chi connectivity index (χ4n) is 3.47. The Morgan fingerprint density at radius 2 is 1.63 bits per heavy atom. The maximum Gasteiger partial charge on any atom is 0.128 e. The monoisotopic (exact) mass is 374 g/mol. The Bertz CT molecular complexity index is 730. The summed E-state index contributed by atoms with van der Waals surface area (Å²) in [6.45, 7) is -0.279. The van der Waals surface area contributed by atoms with Crippen LogP contribution < -0.4 is 9.47 Å². The first kappa shape index (κ1) is 19.6. The molecule has 2 aromatic carbocycles. The van der Waals surface area contributed by atoms with Crippen molar-refractivity contribution in [2.75, 3.05) is 13.7 Å². The number of rotatable bonds is 6. The highest BCUT2D eigenvalue weighted by molar-refractivity contribution is 5.39. The average molecular weight is 374 g/mol. The number of para-hydroxylation sites is 1. The van der Waals surface area contributed by atoms with Crippen LogP contribution in [0.25, 0.3) is 0 Å². The molecule has 1 saturated carbocycles. The summed E-state index contributed by atoms with van der Waals surface area (Å²) in [7, 11) is 1.62. The smallest absolute Gasteiger partial charge is 0.128 e. The van der Waals surface area contributed by atoms with Gasteiger partial charge in [-0.15, -0.1) is 0 Å². The highest BCUT2D eigenvalue weighted by Gasteiger charge is 2.43. The van der Waals surface area contributed by atoms with Crippen LogP contribution >= 0.6 is 0 Å². The number of aliphatic hydroxyl groups is 4. The quantitative estimate of drug-likeness (QED) is 0.605. The van der Waals surface area contributed by atoms with Gasteiger partial charge >= 0.3 is 0 Å². The van der Waals surface area contributed by atoms with Gasteiger partial charge in [0, 0.05) is 18.9 Å². The zero-order chi connectivity index (χ0) is 19.4. The predicted molar refractivity (Wildman–Crippen MR) is 99.9 cm³/mol. The fraction of sp³-hybridized carbons (Fsp3) is 0.429. The second kappa shape index (κ2) is 8.71. The van der Waals surface area contributed by atoms with E-state index in [0.717, 1.165) is 16.9 Å². The van der Waals surface area contributed by atoms with Gasteiger partial charge in [-0.25, -0.2) is 0 Å². The van der Waals surface area contributed by atoms with Crippen molar-refractivity contribution in [3.05, 3.63) is 59.7 Å². The molecule has 3 rings (SSSR count). The molecule has 1 fully saturated rings. The van der Waals surface area contributed by atoms with Crippen molar-refractivity contribution in [2.24, 2.45) is 5.92 Å². The SMILES string of the molecule is COc1ccc(Cc2ccccc2O[C@@H]2C[C@@H](CO)[C@@H](O)[C@H](O)[C@H]2O)cc1. The highest BCUT2D eigenvalue weighted by atomic mass is 16.5. The fourth-order valence-corrected chi connectivity index (χ4v) is 3.47. The van der Waals surface area contributed by atoms with Gasteiger partial charge in [0.15, 0.2) is 0 Å². The Kier molecular flexibility index (Phi) is 6.34. The van der Waals surface area contributed by atoms with Crippen LogP contribution in [0, 0.1) is 5.92 Å². The van der Waals surface area contributed by atoms with Crippen molar-refractivity contribution >= 4 is 0 Å². The van der Waals surface area contributed by atoms with Crippen LogP contribution in [0.2, 0.25) is 0 Å². The van der Waals surface area contributed by atoms with E-state index in [0.29, 0.717) is 12.2 Å². The third-order valence-corrected chi connectivity index (χ3v) is 5.14. The normalized spacial score (nSPS) is 28.0. The Balaban J connectivity index is 1.77. The highest BCUT2D eigenvalue weighted by Crippen LogP contribution is 2.31. The van der Waals surface area contributed by atoms with E-state index in [1.54, 1.807) is 7.11 Å². The number of hydrogen-bond donors (Lipinski definition) is 4. The van der Waals surface area contributed by atoms with E-state index in [4.69, 9.17) is 9.47 Å². The molecule has 5 atom stereocenters. The number of benzene rings is 2. The maximum absolute atomic E-state index is 10.3. The number of aliphatic hydroxyl groups excluding tert-OH is 4. The summed E-state index contributed by atoms with van der Waals surface area (Å²) >= 11 is 0. The van der Waals surface area contributed by atoms with Crippen LogP contribution in [0.5, 0.6) is 11.5 Å². The van der Waals surface area contributed by atoms with E-state index in [1.807, 2.05) is 48.5 Å². The molecule has 0 bridgehead atoms. The first-order valence-electron chi connectivity index (χ1n) is 9.06. The molecule has 1 aliphatic carbocycles. The van der Waals surface area contributed by atoms with Crippen molar-refractivity contribution in [2.45, 2.75) is 37.3 Å². The van der Waals surface area contributed by atoms with E-state index < -0.39 is 30.3 Å². The van der Waals surface area contributed by atoms with E-state index in [-0.39, 0.29) is 13.0 Å². The van der Waals surface area contributed by atoms with Crippen LogP contribution in [0.4, 0.5) is 0 Å². The lowest BCUT2D eigenvalue weighted by molar-refractivity contribution is -0.157. The molecule has 0 amide bonds. The summed E-state index contributed by atoms with van der Waals surface area (Å²) in [6.07, 6.45) is -3.56. The molecule has 2 aromatic rings. The van der Waals surface area contributed by atoms with Gasteiger partial charge in [0.2, 0.25) is 0 Å². The summed E-state index contributed by atoms with van der Waals surface area (Å²) in [5.74, 6) is 0.857. The summed E-state index contributed by atoms with van der Waals surface area (Å²) < 4.78 is 11.2. The zero-order valence-electron chi connectivity index (χ0n) is 15.2. The Morgan fingerprint density at radius 1 is 0.926 bits per heavy atom. The van der Waals surface area contributed by atoms with E-state index >= 15 is 0 Å². The lowest BCUT2D eigenvalue weighted by Gasteiger charge is -2.39. The molecule has 1 aliphatic rings. The predicted octanol–water partition coefficient (Wildman–Crippen LogP) is 1.13.